The zero-order valence-corrected chi connectivity index (χ0v) is 16.5. The van der Waals surface area contributed by atoms with Crippen molar-refractivity contribution in [3.8, 4) is 0 Å². The number of nitro groups is 1. The summed E-state index contributed by atoms with van der Waals surface area (Å²) in [7, 11) is 0. The van der Waals surface area contributed by atoms with Gasteiger partial charge < -0.3 is 9.88 Å². The standard InChI is InChI=1S/C14H15N3O2.C3H5Br.C2H6/c1-2-7-16-13-4-3-10(17(18)19)8-11(13)12-9-15-6-5-14(12)16;1-2-3-4;1-2/h2-4,8,15H,1,5-7,9H2;2H,1,3H2;1-2H3. The van der Waals surface area contributed by atoms with E-state index in [1.54, 1.807) is 18.2 Å². The van der Waals surface area contributed by atoms with E-state index in [-0.39, 0.29) is 10.6 Å². The highest BCUT2D eigenvalue weighted by atomic mass is 79.9. The number of fused-ring (bicyclic) bond motifs is 3. The van der Waals surface area contributed by atoms with Gasteiger partial charge in [-0.15, -0.1) is 13.2 Å². The van der Waals surface area contributed by atoms with Crippen LogP contribution in [-0.2, 0) is 19.5 Å². The molecule has 0 saturated carbocycles. The predicted octanol–water partition coefficient (Wildman–Crippen LogP) is 4.97. The second-order valence-corrected chi connectivity index (χ2v) is 5.80. The Morgan fingerprint density at radius 2 is 2.04 bits per heavy atom. The van der Waals surface area contributed by atoms with E-state index in [1.807, 2.05) is 26.0 Å². The molecule has 0 fully saturated rings. The van der Waals surface area contributed by atoms with Crippen molar-refractivity contribution in [3.63, 3.8) is 0 Å². The average molecular weight is 408 g/mol. The van der Waals surface area contributed by atoms with Crippen molar-refractivity contribution in [1.82, 2.24) is 9.88 Å². The third-order valence-electron chi connectivity index (χ3n) is 3.74. The van der Waals surface area contributed by atoms with Gasteiger partial charge >= 0.3 is 0 Å². The number of halogens is 1. The molecule has 0 atom stereocenters. The Hall–Kier alpha value is -1.92. The fourth-order valence-corrected chi connectivity index (χ4v) is 2.82. The van der Waals surface area contributed by atoms with Gasteiger partial charge in [-0.3, -0.25) is 10.1 Å². The van der Waals surface area contributed by atoms with Gasteiger partial charge in [0.05, 0.1) is 4.92 Å². The second-order valence-electron chi connectivity index (χ2n) is 5.15. The fraction of sp³-hybridized carbons (Fsp3) is 0.368. The average Bonchev–Trinajstić information content (AvgIpc) is 2.97. The number of benzene rings is 1. The lowest BCUT2D eigenvalue weighted by Gasteiger charge is -2.16. The quantitative estimate of drug-likeness (QED) is 0.336. The van der Waals surface area contributed by atoms with Crippen molar-refractivity contribution in [1.29, 1.82) is 0 Å². The van der Waals surface area contributed by atoms with Crippen molar-refractivity contribution in [2.75, 3.05) is 11.9 Å². The lowest BCUT2D eigenvalue weighted by atomic mass is 10.1. The van der Waals surface area contributed by atoms with E-state index in [9.17, 15) is 10.1 Å². The predicted molar refractivity (Wildman–Crippen MR) is 110 cm³/mol. The maximum Gasteiger partial charge on any atom is 0.270 e. The number of allylic oxidation sites excluding steroid dienone is 2. The molecule has 1 aliphatic rings. The van der Waals surface area contributed by atoms with E-state index in [4.69, 9.17) is 0 Å². The molecule has 0 aliphatic carbocycles. The molecule has 0 unspecified atom stereocenters. The minimum absolute atomic E-state index is 0.150. The summed E-state index contributed by atoms with van der Waals surface area (Å²) in [6, 6.07) is 5.09. The van der Waals surface area contributed by atoms with Gasteiger partial charge in [0.15, 0.2) is 0 Å². The Kier molecular flexibility index (Phi) is 9.16. The normalized spacial score (nSPS) is 12.1. The Morgan fingerprint density at radius 1 is 1.36 bits per heavy atom. The first kappa shape index (κ1) is 21.1. The molecule has 1 aromatic carbocycles. The number of alkyl halides is 1. The van der Waals surface area contributed by atoms with Gasteiger partial charge in [0.2, 0.25) is 0 Å². The minimum atomic E-state index is -0.340. The van der Waals surface area contributed by atoms with Crippen LogP contribution in [-0.4, -0.2) is 21.4 Å². The van der Waals surface area contributed by atoms with E-state index in [0.29, 0.717) is 0 Å². The van der Waals surface area contributed by atoms with E-state index in [2.05, 4.69) is 39.0 Å². The van der Waals surface area contributed by atoms with Gasteiger partial charge in [-0.2, -0.15) is 0 Å². The first-order valence-electron chi connectivity index (χ1n) is 8.40. The minimum Gasteiger partial charge on any atom is -0.340 e. The largest absolute Gasteiger partial charge is 0.340 e. The van der Waals surface area contributed by atoms with Crippen molar-refractivity contribution in [2.24, 2.45) is 0 Å². The van der Waals surface area contributed by atoms with Crippen molar-refractivity contribution in [2.45, 2.75) is 33.4 Å². The summed E-state index contributed by atoms with van der Waals surface area (Å²) in [5, 5.41) is 16.1. The number of non-ortho nitro benzene ring substituents is 1. The third kappa shape index (κ3) is 5.03. The molecule has 2 heterocycles. The highest BCUT2D eigenvalue weighted by Gasteiger charge is 2.20. The Morgan fingerprint density at radius 3 is 2.60 bits per heavy atom. The second kappa shape index (κ2) is 10.8. The van der Waals surface area contributed by atoms with Crippen LogP contribution in [0.4, 0.5) is 5.69 Å². The number of hydrogen-bond donors (Lipinski definition) is 1. The topological polar surface area (TPSA) is 60.1 Å². The van der Waals surface area contributed by atoms with Crippen LogP contribution in [0.25, 0.3) is 10.9 Å². The fourth-order valence-electron chi connectivity index (χ4n) is 2.82. The summed E-state index contributed by atoms with van der Waals surface area (Å²) in [6.07, 6.45) is 4.61. The van der Waals surface area contributed by atoms with Gasteiger partial charge in [0.25, 0.3) is 5.69 Å². The molecule has 0 bridgehead atoms. The van der Waals surface area contributed by atoms with Gasteiger partial charge in [-0.1, -0.05) is 41.9 Å². The SMILES string of the molecule is C=CCBr.C=CCn1c2c(c3cc([N+](=O)[O-])ccc31)CNCC2.CC. The van der Waals surface area contributed by atoms with Crippen LogP contribution < -0.4 is 5.32 Å². The summed E-state index contributed by atoms with van der Waals surface area (Å²) in [5.41, 5.74) is 3.66. The van der Waals surface area contributed by atoms with Gasteiger partial charge in [-0.25, -0.2) is 0 Å². The number of aromatic nitrogens is 1. The highest BCUT2D eigenvalue weighted by molar-refractivity contribution is 9.09. The van der Waals surface area contributed by atoms with Crippen LogP contribution in [0.2, 0.25) is 0 Å². The lowest BCUT2D eigenvalue weighted by Crippen LogP contribution is -2.24. The molecule has 6 heteroatoms. The number of nitrogens with zero attached hydrogens (tertiary/aromatic N) is 2. The molecule has 0 saturated heterocycles. The van der Waals surface area contributed by atoms with Crippen LogP contribution in [0.1, 0.15) is 25.1 Å². The molecule has 136 valence electrons. The molecule has 1 aliphatic heterocycles. The first-order valence-corrected chi connectivity index (χ1v) is 9.53. The number of nitro benzene ring substituents is 1. The Balaban J connectivity index is 0.000000461. The summed E-state index contributed by atoms with van der Waals surface area (Å²) in [4.78, 5) is 10.6. The zero-order valence-electron chi connectivity index (χ0n) is 14.9. The molecule has 5 nitrogen and oxygen atoms in total. The molecular weight excluding hydrogens is 382 g/mol. The van der Waals surface area contributed by atoms with Crippen LogP contribution in [0.15, 0.2) is 43.5 Å². The smallest absolute Gasteiger partial charge is 0.270 e. The summed E-state index contributed by atoms with van der Waals surface area (Å²) >= 11 is 3.13. The molecule has 2 aromatic rings. The summed E-state index contributed by atoms with van der Waals surface area (Å²) < 4.78 is 2.21. The summed E-state index contributed by atoms with van der Waals surface area (Å²) in [6.45, 7) is 13.7. The molecule has 25 heavy (non-hydrogen) atoms. The molecule has 3 rings (SSSR count). The lowest BCUT2D eigenvalue weighted by molar-refractivity contribution is -0.384. The number of nitrogens with one attached hydrogen (secondary N) is 1. The molecule has 1 aromatic heterocycles. The molecule has 1 N–H and O–H groups in total. The Labute approximate surface area is 157 Å². The summed E-state index contributed by atoms with van der Waals surface area (Å²) in [5.74, 6) is 0. The third-order valence-corrected chi connectivity index (χ3v) is 4.20. The van der Waals surface area contributed by atoms with E-state index in [1.165, 1.54) is 11.3 Å². The molecule has 0 radical (unpaired) electrons. The molecular formula is C19H26BrN3O2. The van der Waals surface area contributed by atoms with E-state index in [0.717, 1.165) is 42.3 Å². The monoisotopic (exact) mass is 407 g/mol. The zero-order chi connectivity index (χ0) is 18.8. The highest BCUT2D eigenvalue weighted by Crippen LogP contribution is 2.31. The van der Waals surface area contributed by atoms with Crippen molar-refractivity contribution < 1.29 is 4.92 Å². The van der Waals surface area contributed by atoms with E-state index < -0.39 is 0 Å². The maximum absolute atomic E-state index is 10.9. The number of rotatable bonds is 4. The maximum atomic E-state index is 10.9. The first-order chi connectivity index (χ1) is 12.1. The van der Waals surface area contributed by atoms with Gasteiger partial charge in [0, 0.05) is 60.1 Å². The van der Waals surface area contributed by atoms with Gasteiger partial charge in [-0.05, 0) is 11.6 Å². The Bertz CT molecular complexity index is 738. The van der Waals surface area contributed by atoms with Crippen LogP contribution >= 0.6 is 15.9 Å². The van der Waals surface area contributed by atoms with E-state index >= 15 is 0 Å². The van der Waals surface area contributed by atoms with Crippen LogP contribution in [0, 0.1) is 10.1 Å². The van der Waals surface area contributed by atoms with Gasteiger partial charge in [0.1, 0.15) is 0 Å². The van der Waals surface area contributed by atoms with Crippen molar-refractivity contribution >= 4 is 32.5 Å². The molecule has 0 spiro atoms. The van der Waals surface area contributed by atoms with Crippen LogP contribution in [0.3, 0.4) is 0 Å². The molecule has 0 amide bonds. The van der Waals surface area contributed by atoms with Crippen LogP contribution in [0.5, 0.6) is 0 Å². The number of hydrogen-bond acceptors (Lipinski definition) is 3. The van der Waals surface area contributed by atoms with Crippen molar-refractivity contribution in [3.05, 3.63) is 64.9 Å².